The van der Waals surface area contributed by atoms with Crippen molar-refractivity contribution < 1.29 is 13.2 Å². The van der Waals surface area contributed by atoms with E-state index in [0.717, 1.165) is 16.8 Å². The summed E-state index contributed by atoms with van der Waals surface area (Å²) in [5.74, 6) is 0.0782. The highest BCUT2D eigenvalue weighted by Crippen LogP contribution is 2.28. The van der Waals surface area contributed by atoms with Gasteiger partial charge in [0.15, 0.2) is 5.69 Å². The zero-order chi connectivity index (χ0) is 22.2. The molecule has 164 valence electrons. The Hall–Kier alpha value is -2.26. The number of carbonyl (C=O) groups is 1. The molecule has 0 saturated heterocycles. The highest BCUT2D eigenvalue weighted by molar-refractivity contribution is 7.89. The largest absolute Gasteiger partial charge is 0.348 e. The monoisotopic (exact) mass is 433 g/mol. The van der Waals surface area contributed by atoms with Crippen LogP contribution in [0.1, 0.15) is 61.9 Å². The molecule has 0 radical (unpaired) electrons. The van der Waals surface area contributed by atoms with E-state index in [2.05, 4.69) is 15.6 Å². The van der Waals surface area contributed by atoms with Crippen LogP contribution >= 0.6 is 0 Å². The number of fused-ring (bicyclic) bond motifs is 1. The van der Waals surface area contributed by atoms with Gasteiger partial charge in [0.1, 0.15) is 0 Å². The molecule has 1 aliphatic heterocycles. The first-order valence-corrected chi connectivity index (χ1v) is 11.9. The van der Waals surface area contributed by atoms with Gasteiger partial charge in [0, 0.05) is 19.1 Å². The summed E-state index contributed by atoms with van der Waals surface area (Å²) in [5.41, 5.74) is 3.81. The van der Waals surface area contributed by atoms with Crippen LogP contribution in [0.5, 0.6) is 0 Å². The third-order valence-corrected chi connectivity index (χ3v) is 8.08. The van der Waals surface area contributed by atoms with Crippen molar-refractivity contribution >= 4 is 15.9 Å². The predicted molar refractivity (Wildman–Crippen MR) is 116 cm³/mol. The SMILES string of the molecule is Cc1c(C(=O)NC(C)C(C)C)nnn1-c1cccc2c1CCN(S(=O)(=O)C(C)C)C2. The second kappa shape index (κ2) is 8.47. The molecular formula is C21H31N5O3S. The van der Waals surface area contributed by atoms with Crippen molar-refractivity contribution in [3.05, 3.63) is 40.7 Å². The van der Waals surface area contributed by atoms with Gasteiger partial charge in [0.05, 0.1) is 16.6 Å². The van der Waals surface area contributed by atoms with E-state index in [0.29, 0.717) is 36.8 Å². The van der Waals surface area contributed by atoms with Crippen molar-refractivity contribution in [1.29, 1.82) is 0 Å². The van der Waals surface area contributed by atoms with Gasteiger partial charge < -0.3 is 5.32 Å². The average molecular weight is 434 g/mol. The Kier molecular flexibility index (Phi) is 6.33. The van der Waals surface area contributed by atoms with E-state index in [1.165, 1.54) is 0 Å². The molecule has 2 heterocycles. The van der Waals surface area contributed by atoms with Gasteiger partial charge in [-0.3, -0.25) is 4.79 Å². The Morgan fingerprint density at radius 1 is 1.17 bits per heavy atom. The van der Waals surface area contributed by atoms with E-state index in [-0.39, 0.29) is 11.9 Å². The van der Waals surface area contributed by atoms with E-state index in [9.17, 15) is 13.2 Å². The van der Waals surface area contributed by atoms with Crippen molar-refractivity contribution in [2.45, 2.75) is 65.8 Å². The van der Waals surface area contributed by atoms with Crippen molar-refractivity contribution in [1.82, 2.24) is 24.6 Å². The summed E-state index contributed by atoms with van der Waals surface area (Å²) < 4.78 is 28.4. The Balaban J connectivity index is 1.91. The summed E-state index contributed by atoms with van der Waals surface area (Å²) >= 11 is 0. The van der Waals surface area contributed by atoms with Crippen LogP contribution in [0.3, 0.4) is 0 Å². The number of amides is 1. The van der Waals surface area contributed by atoms with Crippen LogP contribution in [0.25, 0.3) is 5.69 Å². The van der Waals surface area contributed by atoms with Gasteiger partial charge in [-0.15, -0.1) is 5.10 Å². The summed E-state index contributed by atoms with van der Waals surface area (Å²) in [4.78, 5) is 12.6. The zero-order valence-corrected chi connectivity index (χ0v) is 19.3. The molecule has 1 amide bonds. The van der Waals surface area contributed by atoms with E-state index < -0.39 is 15.3 Å². The number of hydrogen-bond acceptors (Lipinski definition) is 5. The van der Waals surface area contributed by atoms with Crippen LogP contribution in [0, 0.1) is 12.8 Å². The smallest absolute Gasteiger partial charge is 0.273 e. The van der Waals surface area contributed by atoms with Crippen molar-refractivity contribution in [2.75, 3.05) is 6.54 Å². The molecule has 8 nitrogen and oxygen atoms in total. The number of nitrogens with zero attached hydrogens (tertiary/aromatic N) is 4. The Morgan fingerprint density at radius 2 is 1.87 bits per heavy atom. The number of sulfonamides is 1. The molecule has 0 fully saturated rings. The highest BCUT2D eigenvalue weighted by Gasteiger charge is 2.31. The molecule has 1 aliphatic rings. The fourth-order valence-corrected chi connectivity index (χ4v) is 4.75. The van der Waals surface area contributed by atoms with Gasteiger partial charge in [-0.05, 0) is 57.2 Å². The van der Waals surface area contributed by atoms with Crippen LogP contribution < -0.4 is 5.32 Å². The first-order valence-electron chi connectivity index (χ1n) is 10.4. The van der Waals surface area contributed by atoms with Gasteiger partial charge in [-0.1, -0.05) is 31.2 Å². The number of nitrogens with one attached hydrogen (secondary N) is 1. The molecular weight excluding hydrogens is 402 g/mol. The maximum Gasteiger partial charge on any atom is 0.273 e. The maximum absolute atomic E-state index is 12.6. The summed E-state index contributed by atoms with van der Waals surface area (Å²) in [6.07, 6.45) is 0.586. The molecule has 1 unspecified atom stereocenters. The van der Waals surface area contributed by atoms with Gasteiger partial charge in [0.25, 0.3) is 5.91 Å². The molecule has 1 N–H and O–H groups in total. The third kappa shape index (κ3) is 4.13. The number of rotatable bonds is 6. The molecule has 1 aromatic carbocycles. The number of aromatic nitrogens is 3. The average Bonchev–Trinajstić information content (AvgIpc) is 3.08. The molecule has 0 bridgehead atoms. The molecule has 2 aromatic rings. The second-order valence-corrected chi connectivity index (χ2v) is 11.0. The molecule has 0 saturated carbocycles. The molecule has 1 aromatic heterocycles. The molecule has 1 atom stereocenters. The van der Waals surface area contributed by atoms with Gasteiger partial charge in [-0.2, -0.15) is 4.31 Å². The number of hydrogen-bond donors (Lipinski definition) is 1. The number of benzene rings is 1. The van der Waals surface area contributed by atoms with E-state index in [4.69, 9.17) is 0 Å². The van der Waals surface area contributed by atoms with Crippen LogP contribution in [0.2, 0.25) is 0 Å². The Bertz CT molecular complexity index is 1040. The molecule has 0 spiro atoms. The minimum absolute atomic E-state index is 0.0282. The van der Waals surface area contributed by atoms with Crippen molar-refractivity contribution in [3.63, 3.8) is 0 Å². The second-order valence-electron chi connectivity index (χ2n) is 8.53. The quantitative estimate of drug-likeness (QED) is 0.755. The predicted octanol–water partition coefficient (Wildman–Crippen LogP) is 2.45. The fourth-order valence-electron chi connectivity index (χ4n) is 3.49. The van der Waals surface area contributed by atoms with Crippen LogP contribution in [0.4, 0.5) is 0 Å². The molecule has 0 aliphatic carbocycles. The summed E-state index contributed by atoms with van der Waals surface area (Å²) in [7, 11) is -3.31. The van der Waals surface area contributed by atoms with Crippen LogP contribution in [-0.4, -0.2) is 51.5 Å². The Morgan fingerprint density at radius 3 is 2.50 bits per heavy atom. The lowest BCUT2D eigenvalue weighted by atomic mass is 9.99. The zero-order valence-electron chi connectivity index (χ0n) is 18.5. The lowest BCUT2D eigenvalue weighted by Gasteiger charge is -2.30. The van der Waals surface area contributed by atoms with E-state index in [1.54, 1.807) is 22.8 Å². The first-order chi connectivity index (χ1) is 14.0. The fraction of sp³-hybridized carbons (Fsp3) is 0.571. The normalized spacial score (nSPS) is 16.0. The third-order valence-electron chi connectivity index (χ3n) is 5.86. The number of carbonyl (C=O) groups excluding carboxylic acids is 1. The van der Waals surface area contributed by atoms with Gasteiger partial charge in [-0.25, -0.2) is 13.1 Å². The van der Waals surface area contributed by atoms with Gasteiger partial charge in [0.2, 0.25) is 10.0 Å². The molecule has 9 heteroatoms. The van der Waals surface area contributed by atoms with E-state index >= 15 is 0 Å². The lowest BCUT2D eigenvalue weighted by molar-refractivity contribution is 0.0924. The minimum atomic E-state index is -3.31. The van der Waals surface area contributed by atoms with Gasteiger partial charge >= 0.3 is 0 Å². The first kappa shape index (κ1) is 22.4. The van der Waals surface area contributed by atoms with Crippen molar-refractivity contribution in [2.24, 2.45) is 5.92 Å². The molecule has 30 heavy (non-hydrogen) atoms. The standard InChI is InChI=1S/C21H31N5O3S/c1-13(2)15(5)22-21(27)20-16(6)26(24-23-20)19-9-7-8-17-12-25(11-10-18(17)19)30(28,29)14(3)4/h7-9,13-15H,10-12H2,1-6H3,(H,22,27). The summed E-state index contributed by atoms with van der Waals surface area (Å²) in [5, 5.41) is 10.9. The Labute approximate surface area is 178 Å². The van der Waals surface area contributed by atoms with Crippen LogP contribution in [-0.2, 0) is 23.0 Å². The minimum Gasteiger partial charge on any atom is -0.348 e. The maximum atomic E-state index is 12.6. The van der Waals surface area contributed by atoms with Crippen LogP contribution in [0.15, 0.2) is 18.2 Å². The summed E-state index contributed by atoms with van der Waals surface area (Å²) in [6.45, 7) is 12.1. The highest BCUT2D eigenvalue weighted by atomic mass is 32.2. The van der Waals surface area contributed by atoms with E-state index in [1.807, 2.05) is 45.9 Å². The lowest BCUT2D eigenvalue weighted by Crippen LogP contribution is -2.40. The molecule has 3 rings (SSSR count). The van der Waals surface area contributed by atoms with Crippen molar-refractivity contribution in [3.8, 4) is 5.69 Å². The topological polar surface area (TPSA) is 97.2 Å². The summed E-state index contributed by atoms with van der Waals surface area (Å²) in [6, 6.07) is 5.80.